The van der Waals surface area contributed by atoms with Crippen molar-refractivity contribution in [3.8, 4) is 0 Å². The van der Waals surface area contributed by atoms with Crippen molar-refractivity contribution in [2.24, 2.45) is 0 Å². The molecule has 0 aliphatic rings. The molecule has 0 fully saturated rings. The van der Waals surface area contributed by atoms with Crippen LogP contribution in [0.4, 0.5) is 0 Å². The molecule has 1 aromatic rings. The zero-order valence-corrected chi connectivity index (χ0v) is 10.7. The monoisotopic (exact) mass is 284 g/mol. The number of nitrogens with one attached hydrogen (secondary N) is 2. The van der Waals surface area contributed by atoms with E-state index in [1.807, 2.05) is 0 Å². The van der Waals surface area contributed by atoms with Crippen LogP contribution in [-0.4, -0.2) is 22.9 Å². The lowest BCUT2D eigenvalue weighted by atomic mass is 10.2. The van der Waals surface area contributed by atoms with Crippen molar-refractivity contribution in [1.82, 2.24) is 10.9 Å². The molecule has 1 rings (SSSR count). The fraction of sp³-hybridized carbons (Fsp3) is 0.250. The highest BCUT2D eigenvalue weighted by atomic mass is 35.5. The van der Waals surface area contributed by atoms with Crippen LogP contribution in [0, 0.1) is 0 Å². The minimum atomic E-state index is -0.962. The molecule has 0 heterocycles. The van der Waals surface area contributed by atoms with Gasteiger partial charge in [0.1, 0.15) is 0 Å². The Labute approximate surface area is 114 Å². The summed E-state index contributed by atoms with van der Waals surface area (Å²) in [6.45, 7) is 0. The van der Waals surface area contributed by atoms with Gasteiger partial charge in [0, 0.05) is 23.4 Å². The summed E-state index contributed by atoms with van der Waals surface area (Å²) >= 11 is 5.73. The Morgan fingerprint density at radius 3 is 2.53 bits per heavy atom. The summed E-state index contributed by atoms with van der Waals surface area (Å²) in [5, 5.41) is 8.82. The lowest BCUT2D eigenvalue weighted by Crippen LogP contribution is -2.41. The van der Waals surface area contributed by atoms with Crippen molar-refractivity contribution in [2.75, 3.05) is 0 Å². The van der Waals surface area contributed by atoms with Gasteiger partial charge in [-0.1, -0.05) is 17.7 Å². The summed E-state index contributed by atoms with van der Waals surface area (Å²) in [7, 11) is 0. The molecule has 19 heavy (non-hydrogen) atoms. The number of aliphatic carboxylic acids is 1. The maximum Gasteiger partial charge on any atom is 0.303 e. The van der Waals surface area contributed by atoms with E-state index in [0.29, 0.717) is 10.6 Å². The van der Waals surface area contributed by atoms with E-state index in [2.05, 4.69) is 10.9 Å². The van der Waals surface area contributed by atoms with Gasteiger partial charge in [0.25, 0.3) is 5.91 Å². The van der Waals surface area contributed by atoms with E-state index in [1.165, 1.54) is 6.07 Å². The summed E-state index contributed by atoms with van der Waals surface area (Å²) in [5.41, 5.74) is 4.74. The van der Waals surface area contributed by atoms with E-state index >= 15 is 0 Å². The first-order chi connectivity index (χ1) is 8.99. The third kappa shape index (κ3) is 5.87. The molecule has 2 amide bonds. The Morgan fingerprint density at radius 2 is 1.89 bits per heavy atom. The van der Waals surface area contributed by atoms with Gasteiger partial charge in [-0.2, -0.15) is 0 Å². The first-order valence-electron chi connectivity index (χ1n) is 5.55. The first kappa shape index (κ1) is 15.0. The van der Waals surface area contributed by atoms with Gasteiger partial charge in [-0.05, 0) is 24.6 Å². The molecule has 0 saturated carbocycles. The number of rotatable bonds is 5. The molecule has 0 bridgehead atoms. The Morgan fingerprint density at radius 1 is 1.16 bits per heavy atom. The fourth-order valence-electron chi connectivity index (χ4n) is 1.29. The SMILES string of the molecule is O=C(O)CCCC(=O)NNC(=O)c1cccc(Cl)c1. The predicted octanol–water partition coefficient (Wildman–Crippen LogP) is 1.36. The molecule has 0 radical (unpaired) electrons. The number of carboxylic acid groups (broad SMARTS) is 1. The lowest BCUT2D eigenvalue weighted by molar-refractivity contribution is -0.137. The smallest absolute Gasteiger partial charge is 0.303 e. The second-order valence-corrected chi connectivity index (χ2v) is 4.20. The highest BCUT2D eigenvalue weighted by Gasteiger charge is 2.08. The summed E-state index contributed by atoms with van der Waals surface area (Å²) < 4.78 is 0. The second kappa shape index (κ2) is 7.38. The van der Waals surface area contributed by atoms with Crippen molar-refractivity contribution in [2.45, 2.75) is 19.3 Å². The number of hydrogen-bond acceptors (Lipinski definition) is 3. The number of hydrazine groups is 1. The Kier molecular flexibility index (Phi) is 5.81. The molecule has 1 aromatic carbocycles. The van der Waals surface area contributed by atoms with Crippen molar-refractivity contribution < 1.29 is 19.5 Å². The molecule has 6 nitrogen and oxygen atoms in total. The summed E-state index contributed by atoms with van der Waals surface area (Å²) in [4.78, 5) is 33.1. The standard InChI is InChI=1S/C12H13ClN2O4/c13-9-4-1-3-8(7-9)12(19)15-14-10(16)5-2-6-11(17)18/h1,3-4,7H,2,5-6H2,(H,14,16)(H,15,19)(H,17,18). The highest BCUT2D eigenvalue weighted by molar-refractivity contribution is 6.30. The molecule has 102 valence electrons. The van der Waals surface area contributed by atoms with Gasteiger partial charge in [-0.15, -0.1) is 0 Å². The first-order valence-corrected chi connectivity index (χ1v) is 5.93. The van der Waals surface area contributed by atoms with Crippen LogP contribution in [-0.2, 0) is 9.59 Å². The molecule has 0 atom stereocenters. The molecule has 3 N–H and O–H groups in total. The van der Waals surface area contributed by atoms with Crippen LogP contribution in [0.15, 0.2) is 24.3 Å². The number of amides is 2. The average Bonchev–Trinajstić information content (AvgIpc) is 2.35. The third-order valence-electron chi connectivity index (χ3n) is 2.20. The zero-order chi connectivity index (χ0) is 14.3. The topological polar surface area (TPSA) is 95.5 Å². The molecule has 0 spiro atoms. The van der Waals surface area contributed by atoms with Gasteiger partial charge in [-0.25, -0.2) is 0 Å². The molecule has 0 aromatic heterocycles. The Bertz CT molecular complexity index is 490. The lowest BCUT2D eigenvalue weighted by Gasteiger charge is -2.07. The third-order valence-corrected chi connectivity index (χ3v) is 2.43. The van der Waals surface area contributed by atoms with Crippen LogP contribution >= 0.6 is 11.6 Å². The number of benzene rings is 1. The Balaban J connectivity index is 2.34. The van der Waals surface area contributed by atoms with Crippen LogP contribution in [0.2, 0.25) is 5.02 Å². The van der Waals surface area contributed by atoms with Gasteiger partial charge < -0.3 is 5.11 Å². The maximum absolute atomic E-state index is 11.6. The number of halogens is 1. The molecule has 7 heteroatoms. The van der Waals surface area contributed by atoms with Crippen molar-refractivity contribution >= 4 is 29.4 Å². The average molecular weight is 285 g/mol. The number of hydrogen-bond donors (Lipinski definition) is 3. The number of carbonyl (C=O) groups is 3. The summed E-state index contributed by atoms with van der Waals surface area (Å²) in [6, 6.07) is 6.26. The van der Waals surface area contributed by atoms with E-state index in [9.17, 15) is 14.4 Å². The molecule has 0 aliphatic heterocycles. The fourth-order valence-corrected chi connectivity index (χ4v) is 1.48. The predicted molar refractivity (Wildman–Crippen MR) is 68.5 cm³/mol. The molecule has 0 aliphatic carbocycles. The van der Waals surface area contributed by atoms with E-state index in [1.54, 1.807) is 18.2 Å². The number of carboxylic acids is 1. The van der Waals surface area contributed by atoms with Gasteiger partial charge in [-0.3, -0.25) is 25.2 Å². The quantitative estimate of drug-likeness (QED) is 0.711. The van der Waals surface area contributed by atoms with Crippen molar-refractivity contribution in [3.05, 3.63) is 34.9 Å². The van der Waals surface area contributed by atoms with Crippen molar-refractivity contribution in [3.63, 3.8) is 0 Å². The maximum atomic E-state index is 11.6. The summed E-state index contributed by atoms with van der Waals surface area (Å²) in [5.74, 6) is -1.90. The largest absolute Gasteiger partial charge is 0.481 e. The van der Waals surface area contributed by atoms with Gasteiger partial charge in [0.15, 0.2) is 0 Å². The minimum absolute atomic E-state index is 0.0299. The molecular formula is C12H13ClN2O4. The molecular weight excluding hydrogens is 272 g/mol. The minimum Gasteiger partial charge on any atom is -0.481 e. The zero-order valence-electron chi connectivity index (χ0n) is 9.98. The van der Waals surface area contributed by atoms with E-state index < -0.39 is 17.8 Å². The summed E-state index contributed by atoms with van der Waals surface area (Å²) in [6.07, 6.45) is 0.159. The van der Waals surface area contributed by atoms with E-state index in [0.717, 1.165) is 0 Å². The van der Waals surface area contributed by atoms with Crippen LogP contribution in [0.5, 0.6) is 0 Å². The normalized spacial score (nSPS) is 9.74. The van der Waals surface area contributed by atoms with Gasteiger partial charge in [0.05, 0.1) is 0 Å². The molecule has 0 unspecified atom stereocenters. The van der Waals surface area contributed by atoms with Gasteiger partial charge >= 0.3 is 5.97 Å². The number of carbonyl (C=O) groups excluding carboxylic acids is 2. The van der Waals surface area contributed by atoms with Crippen LogP contribution in [0.3, 0.4) is 0 Å². The van der Waals surface area contributed by atoms with E-state index in [-0.39, 0.29) is 19.3 Å². The molecule has 0 saturated heterocycles. The Hall–Kier alpha value is -2.08. The van der Waals surface area contributed by atoms with Crippen LogP contribution in [0.1, 0.15) is 29.6 Å². The van der Waals surface area contributed by atoms with Gasteiger partial charge in [0.2, 0.25) is 5.91 Å². The van der Waals surface area contributed by atoms with Crippen molar-refractivity contribution in [1.29, 1.82) is 0 Å². The second-order valence-electron chi connectivity index (χ2n) is 3.76. The van der Waals surface area contributed by atoms with Crippen LogP contribution in [0.25, 0.3) is 0 Å². The van der Waals surface area contributed by atoms with E-state index in [4.69, 9.17) is 16.7 Å². The van der Waals surface area contributed by atoms with Crippen LogP contribution < -0.4 is 10.9 Å². The highest BCUT2D eigenvalue weighted by Crippen LogP contribution is 2.10.